The maximum absolute atomic E-state index is 12.0. The number of benzene rings is 1. The van der Waals surface area contributed by atoms with Crippen molar-refractivity contribution in [1.29, 1.82) is 5.26 Å². The largest absolute Gasteiger partial charge is 0.324 e. The van der Waals surface area contributed by atoms with Crippen LogP contribution < -0.4 is 5.73 Å². The summed E-state index contributed by atoms with van der Waals surface area (Å²) in [5, 5.41) is 8.51. The van der Waals surface area contributed by atoms with Crippen molar-refractivity contribution in [3.05, 3.63) is 35.4 Å². The highest BCUT2D eigenvalue weighted by Gasteiger charge is 2.12. The standard InChI is InChI=1S/C10H10F2N2.ClH/c11-10(12)5-9(14)8-3-1-7(6-13)2-4-8;/h1-4,9-10H,5,14H2;1H/t9-;/m1./s1. The van der Waals surface area contributed by atoms with Gasteiger partial charge >= 0.3 is 0 Å². The van der Waals surface area contributed by atoms with Crippen molar-refractivity contribution in [2.75, 3.05) is 0 Å². The van der Waals surface area contributed by atoms with Crippen molar-refractivity contribution in [1.82, 2.24) is 0 Å². The second-order valence-electron chi connectivity index (χ2n) is 2.97. The summed E-state index contributed by atoms with van der Waals surface area (Å²) in [6.07, 6.45) is -2.76. The van der Waals surface area contributed by atoms with Crippen molar-refractivity contribution < 1.29 is 8.78 Å². The van der Waals surface area contributed by atoms with Crippen molar-refractivity contribution in [3.8, 4) is 6.07 Å². The molecule has 0 aromatic heterocycles. The summed E-state index contributed by atoms with van der Waals surface area (Å²) in [6.45, 7) is 0. The lowest BCUT2D eigenvalue weighted by Gasteiger charge is -2.10. The third-order valence-electron chi connectivity index (χ3n) is 1.90. The molecule has 0 bridgehead atoms. The van der Waals surface area contributed by atoms with Gasteiger partial charge in [-0.25, -0.2) is 8.78 Å². The smallest absolute Gasteiger partial charge is 0.240 e. The molecular formula is C10H11ClF2N2. The Labute approximate surface area is 93.1 Å². The van der Waals surface area contributed by atoms with Crippen LogP contribution in [-0.4, -0.2) is 6.43 Å². The normalized spacial score (nSPS) is 11.7. The lowest BCUT2D eigenvalue weighted by molar-refractivity contribution is 0.128. The second-order valence-corrected chi connectivity index (χ2v) is 2.97. The lowest BCUT2D eigenvalue weighted by atomic mass is 10.0. The Morgan fingerprint density at radius 2 is 1.80 bits per heavy atom. The van der Waals surface area contributed by atoms with Crippen molar-refractivity contribution in [2.45, 2.75) is 18.9 Å². The molecule has 1 aromatic rings. The summed E-state index contributed by atoms with van der Waals surface area (Å²) in [4.78, 5) is 0. The topological polar surface area (TPSA) is 49.8 Å². The van der Waals surface area contributed by atoms with Gasteiger partial charge in [-0.1, -0.05) is 12.1 Å². The molecule has 0 aliphatic rings. The average molecular weight is 233 g/mol. The average Bonchev–Trinajstić information content (AvgIpc) is 2.17. The minimum absolute atomic E-state index is 0. The summed E-state index contributed by atoms with van der Waals surface area (Å²) < 4.78 is 24.0. The van der Waals surface area contributed by atoms with Crippen LogP contribution in [0.2, 0.25) is 0 Å². The van der Waals surface area contributed by atoms with E-state index in [1.807, 2.05) is 6.07 Å². The fraction of sp³-hybridized carbons (Fsp3) is 0.300. The Morgan fingerprint density at radius 1 is 1.27 bits per heavy atom. The Bertz CT molecular complexity index is 332. The zero-order valence-electron chi connectivity index (χ0n) is 7.86. The Hall–Kier alpha value is -1.18. The van der Waals surface area contributed by atoms with Crippen LogP contribution in [0.4, 0.5) is 8.78 Å². The van der Waals surface area contributed by atoms with Crippen LogP contribution in [0.25, 0.3) is 0 Å². The van der Waals surface area contributed by atoms with Crippen LogP contribution in [0.5, 0.6) is 0 Å². The maximum atomic E-state index is 12.0. The van der Waals surface area contributed by atoms with Crippen LogP contribution in [0.3, 0.4) is 0 Å². The van der Waals surface area contributed by atoms with Gasteiger partial charge in [0.05, 0.1) is 11.6 Å². The zero-order chi connectivity index (χ0) is 10.6. The van der Waals surface area contributed by atoms with E-state index in [1.54, 1.807) is 24.3 Å². The predicted molar refractivity (Wildman–Crippen MR) is 56.0 cm³/mol. The van der Waals surface area contributed by atoms with E-state index in [2.05, 4.69) is 0 Å². The second kappa shape index (κ2) is 6.33. The number of hydrogen-bond donors (Lipinski definition) is 1. The fourth-order valence-electron chi connectivity index (χ4n) is 1.13. The van der Waals surface area contributed by atoms with Gasteiger partial charge in [-0.3, -0.25) is 0 Å². The summed E-state index contributed by atoms with van der Waals surface area (Å²) in [6, 6.07) is 7.63. The molecule has 1 atom stereocenters. The molecule has 0 amide bonds. The van der Waals surface area contributed by atoms with Gasteiger partial charge < -0.3 is 5.73 Å². The van der Waals surface area contributed by atoms with Gasteiger partial charge in [0.15, 0.2) is 0 Å². The molecule has 1 rings (SSSR count). The van der Waals surface area contributed by atoms with Gasteiger partial charge in [0.25, 0.3) is 0 Å². The molecule has 5 heteroatoms. The molecule has 2 nitrogen and oxygen atoms in total. The summed E-state index contributed by atoms with van der Waals surface area (Å²) in [7, 11) is 0. The molecule has 0 spiro atoms. The van der Waals surface area contributed by atoms with Crippen LogP contribution in [-0.2, 0) is 0 Å². The molecule has 0 radical (unpaired) electrons. The van der Waals surface area contributed by atoms with Crippen molar-refractivity contribution >= 4 is 12.4 Å². The van der Waals surface area contributed by atoms with Crippen LogP contribution in [0, 0.1) is 11.3 Å². The molecule has 0 heterocycles. The number of nitrogens with two attached hydrogens (primary N) is 1. The number of halogens is 3. The first-order valence-electron chi connectivity index (χ1n) is 4.17. The Morgan fingerprint density at radius 3 is 2.20 bits per heavy atom. The van der Waals surface area contributed by atoms with E-state index in [9.17, 15) is 8.78 Å². The van der Waals surface area contributed by atoms with Gasteiger partial charge in [0.1, 0.15) is 0 Å². The van der Waals surface area contributed by atoms with Crippen molar-refractivity contribution in [3.63, 3.8) is 0 Å². The van der Waals surface area contributed by atoms with E-state index in [0.29, 0.717) is 11.1 Å². The van der Waals surface area contributed by atoms with Gasteiger partial charge in [-0.05, 0) is 17.7 Å². The Balaban J connectivity index is 0.00000196. The number of alkyl halides is 2. The van der Waals surface area contributed by atoms with Crippen LogP contribution in [0.15, 0.2) is 24.3 Å². The molecule has 0 aliphatic heterocycles. The molecule has 0 unspecified atom stereocenters. The van der Waals surface area contributed by atoms with Gasteiger partial charge in [-0.2, -0.15) is 5.26 Å². The van der Waals surface area contributed by atoms with Crippen molar-refractivity contribution in [2.24, 2.45) is 5.73 Å². The quantitative estimate of drug-likeness (QED) is 0.871. The third kappa shape index (κ3) is 4.24. The van der Waals surface area contributed by atoms with Crippen LogP contribution in [0.1, 0.15) is 23.6 Å². The number of nitrogens with zero attached hydrogens (tertiary/aromatic N) is 1. The molecule has 0 fully saturated rings. The molecule has 15 heavy (non-hydrogen) atoms. The molecule has 0 saturated heterocycles. The number of rotatable bonds is 3. The van der Waals surface area contributed by atoms with E-state index >= 15 is 0 Å². The summed E-state index contributed by atoms with van der Waals surface area (Å²) in [5.41, 5.74) is 6.65. The van der Waals surface area contributed by atoms with Crippen LogP contribution >= 0.6 is 12.4 Å². The fourth-order valence-corrected chi connectivity index (χ4v) is 1.13. The van der Waals surface area contributed by atoms with E-state index in [4.69, 9.17) is 11.0 Å². The maximum Gasteiger partial charge on any atom is 0.240 e. The molecule has 0 saturated carbocycles. The molecule has 2 N–H and O–H groups in total. The SMILES string of the molecule is Cl.N#Cc1ccc([C@H](N)CC(F)F)cc1. The Kier molecular flexibility index (Phi) is 5.83. The highest BCUT2D eigenvalue weighted by Crippen LogP contribution is 2.18. The number of hydrogen-bond acceptors (Lipinski definition) is 2. The molecule has 0 aliphatic carbocycles. The molecule has 82 valence electrons. The van der Waals surface area contributed by atoms with Gasteiger partial charge in [-0.15, -0.1) is 12.4 Å². The first-order valence-corrected chi connectivity index (χ1v) is 4.17. The van der Waals surface area contributed by atoms with E-state index in [-0.39, 0.29) is 18.8 Å². The van der Waals surface area contributed by atoms with Gasteiger partial charge in [0, 0.05) is 12.5 Å². The van der Waals surface area contributed by atoms with E-state index < -0.39 is 12.5 Å². The summed E-state index contributed by atoms with van der Waals surface area (Å²) in [5.74, 6) is 0. The summed E-state index contributed by atoms with van der Waals surface area (Å²) >= 11 is 0. The monoisotopic (exact) mass is 232 g/mol. The van der Waals surface area contributed by atoms with E-state index in [0.717, 1.165) is 0 Å². The minimum atomic E-state index is -2.40. The molecule has 1 aromatic carbocycles. The van der Waals surface area contributed by atoms with Gasteiger partial charge in [0.2, 0.25) is 6.43 Å². The number of nitriles is 1. The minimum Gasteiger partial charge on any atom is -0.324 e. The lowest BCUT2D eigenvalue weighted by Crippen LogP contribution is -2.13. The predicted octanol–water partition coefficient (Wildman–Crippen LogP) is 2.64. The molecular weight excluding hydrogens is 222 g/mol. The zero-order valence-corrected chi connectivity index (χ0v) is 8.68. The highest BCUT2D eigenvalue weighted by molar-refractivity contribution is 5.85. The van der Waals surface area contributed by atoms with E-state index in [1.165, 1.54) is 0 Å². The highest BCUT2D eigenvalue weighted by atomic mass is 35.5. The first-order chi connectivity index (χ1) is 6.63. The first kappa shape index (κ1) is 13.8. The third-order valence-corrected chi connectivity index (χ3v) is 1.90.